The average molecular weight is 853 g/mol. The van der Waals surface area contributed by atoms with E-state index in [1.165, 1.54) is 92.1 Å². The zero-order chi connectivity index (χ0) is 45.6. The lowest BCUT2D eigenvalue weighted by Crippen LogP contribution is -2.15. The topological polar surface area (TPSA) is 0 Å². The molecule has 0 saturated heterocycles. The van der Waals surface area contributed by atoms with E-state index in [1.54, 1.807) is 0 Å². The van der Waals surface area contributed by atoms with Gasteiger partial charge in [-0.15, -0.1) is 11.3 Å². The zero-order valence-corrected chi connectivity index (χ0v) is 40.2. The van der Waals surface area contributed by atoms with E-state index in [1.807, 2.05) is 66.8 Å². The summed E-state index contributed by atoms with van der Waals surface area (Å²) in [6, 6.07) is 62.3. The van der Waals surface area contributed by atoms with Crippen LogP contribution in [-0.2, 0) is 11.8 Å². The van der Waals surface area contributed by atoms with E-state index in [0.717, 1.165) is 12.0 Å². The quantitative estimate of drug-likeness (QED) is 0.155. The molecule has 10 rings (SSSR count). The summed E-state index contributed by atoms with van der Waals surface area (Å²) in [6.07, 6.45) is 9.17. The van der Waals surface area contributed by atoms with Gasteiger partial charge in [0, 0.05) is 25.6 Å². The van der Waals surface area contributed by atoms with E-state index in [0.29, 0.717) is 0 Å². The Morgan fingerprint density at radius 3 is 1.77 bits per heavy atom. The molecule has 0 aliphatic heterocycles. The molecule has 1 aliphatic carbocycles. The third kappa shape index (κ3) is 11.5. The molecule has 0 bridgehead atoms. The maximum Gasteiger partial charge on any atom is 0.0358 e. The van der Waals surface area contributed by atoms with Crippen LogP contribution >= 0.6 is 11.3 Å². The molecule has 64 heavy (non-hydrogen) atoms. The smallest absolute Gasteiger partial charge is 0.0358 e. The van der Waals surface area contributed by atoms with Crippen LogP contribution in [0.5, 0.6) is 0 Å². The molecule has 322 valence electrons. The van der Waals surface area contributed by atoms with Crippen molar-refractivity contribution < 1.29 is 0 Å². The molecule has 0 radical (unpaired) electrons. The summed E-state index contributed by atoms with van der Waals surface area (Å²) in [7, 11) is 0. The molecule has 1 aromatic heterocycles. The van der Waals surface area contributed by atoms with Crippen LogP contribution < -0.4 is 0 Å². The molecule has 9 aromatic rings. The fraction of sp³-hybridized carbons (Fsp3) is 0.175. The van der Waals surface area contributed by atoms with Gasteiger partial charge in [0.25, 0.3) is 0 Å². The van der Waals surface area contributed by atoms with Crippen LogP contribution in [0.4, 0.5) is 0 Å². The highest BCUT2D eigenvalue weighted by atomic mass is 32.1. The van der Waals surface area contributed by atoms with E-state index < -0.39 is 0 Å². The lowest BCUT2D eigenvalue weighted by atomic mass is 9.81. The highest BCUT2D eigenvalue weighted by Crippen LogP contribution is 2.52. The predicted octanol–water partition coefficient (Wildman–Crippen LogP) is 18.5. The normalized spacial score (nSPS) is 12.0. The second-order valence-electron chi connectivity index (χ2n) is 17.2. The largest absolute Gasteiger partial charge is 0.135 e. The van der Waals surface area contributed by atoms with Crippen molar-refractivity contribution in [3.63, 3.8) is 0 Å². The van der Waals surface area contributed by atoms with Crippen molar-refractivity contribution in [3.8, 4) is 11.1 Å². The highest BCUT2D eigenvalue weighted by Gasteiger charge is 2.36. The Morgan fingerprint density at radius 2 is 1.12 bits per heavy atom. The number of rotatable bonds is 4. The Bertz CT molecular complexity index is 3010. The van der Waals surface area contributed by atoms with Gasteiger partial charge in [-0.05, 0) is 121 Å². The molecule has 0 fully saturated rings. The summed E-state index contributed by atoms with van der Waals surface area (Å²) in [5, 5.41) is 5.59. The number of thiophene rings is 1. The van der Waals surface area contributed by atoms with E-state index in [-0.39, 0.29) is 5.41 Å². The predicted molar refractivity (Wildman–Crippen MR) is 286 cm³/mol. The minimum Gasteiger partial charge on any atom is -0.135 e. The Balaban J connectivity index is 0.000000140. The second kappa shape index (κ2) is 22.2. The van der Waals surface area contributed by atoms with Gasteiger partial charge in [-0.3, -0.25) is 0 Å². The summed E-state index contributed by atoms with van der Waals surface area (Å²) < 4.78 is 2.78. The molecular formula is C63H64S. The average Bonchev–Trinajstić information content (AvgIpc) is 3.80. The minimum absolute atomic E-state index is 0.0888. The highest BCUT2D eigenvalue weighted by molar-refractivity contribution is 7.25. The van der Waals surface area contributed by atoms with Crippen molar-refractivity contribution in [2.24, 2.45) is 0 Å². The van der Waals surface area contributed by atoms with Gasteiger partial charge >= 0.3 is 0 Å². The molecule has 0 amide bonds. The van der Waals surface area contributed by atoms with Crippen LogP contribution in [-0.4, -0.2) is 0 Å². The van der Waals surface area contributed by atoms with E-state index in [9.17, 15) is 0 Å². The van der Waals surface area contributed by atoms with Gasteiger partial charge in [0.2, 0.25) is 0 Å². The molecule has 0 atom stereocenters. The van der Waals surface area contributed by atoms with E-state index >= 15 is 0 Å². The van der Waals surface area contributed by atoms with Crippen molar-refractivity contribution in [1.82, 2.24) is 0 Å². The number of allylic oxidation sites excluding steroid dienone is 5. The molecule has 1 aliphatic rings. The number of fused-ring (bicyclic) bond motifs is 8. The second-order valence-corrected chi connectivity index (χ2v) is 18.2. The van der Waals surface area contributed by atoms with Crippen LogP contribution in [0.2, 0.25) is 0 Å². The summed E-state index contributed by atoms with van der Waals surface area (Å²) >= 11 is 1.88. The van der Waals surface area contributed by atoms with Gasteiger partial charge in [-0.25, -0.2) is 0 Å². The maximum atomic E-state index is 4.02. The third-order valence-corrected chi connectivity index (χ3v) is 13.0. The van der Waals surface area contributed by atoms with Gasteiger partial charge in [-0.2, -0.15) is 0 Å². The first-order valence-electron chi connectivity index (χ1n) is 22.5. The molecule has 1 heteroatoms. The molecule has 0 N–H and O–H groups in total. The van der Waals surface area contributed by atoms with Crippen molar-refractivity contribution >= 4 is 47.9 Å². The van der Waals surface area contributed by atoms with Gasteiger partial charge in [-0.1, -0.05) is 232 Å². The molecule has 0 nitrogen and oxygen atoms in total. The van der Waals surface area contributed by atoms with Gasteiger partial charge in [0.1, 0.15) is 0 Å². The first kappa shape index (κ1) is 47.0. The van der Waals surface area contributed by atoms with E-state index in [2.05, 4.69) is 214 Å². The van der Waals surface area contributed by atoms with Crippen LogP contribution in [0.25, 0.3) is 47.6 Å². The number of hydrogen-bond donors (Lipinski definition) is 0. The van der Waals surface area contributed by atoms with E-state index in [4.69, 9.17) is 0 Å². The summed E-state index contributed by atoms with van der Waals surface area (Å²) in [5.74, 6) is 0. The zero-order valence-electron chi connectivity index (χ0n) is 39.4. The van der Waals surface area contributed by atoms with Crippen LogP contribution in [0.1, 0.15) is 77.8 Å². The summed E-state index contributed by atoms with van der Waals surface area (Å²) in [6.45, 7) is 23.7. The van der Waals surface area contributed by atoms with Crippen molar-refractivity contribution in [1.29, 1.82) is 0 Å². The van der Waals surface area contributed by atoms with Crippen molar-refractivity contribution in [2.45, 2.75) is 74.1 Å². The lowest BCUT2D eigenvalue weighted by molar-refractivity contribution is 0.659. The Kier molecular flexibility index (Phi) is 16.3. The van der Waals surface area contributed by atoms with Gasteiger partial charge in [0.05, 0.1) is 0 Å². The Morgan fingerprint density at radius 1 is 0.531 bits per heavy atom. The Labute approximate surface area is 388 Å². The lowest BCUT2D eigenvalue weighted by Gasteiger charge is -2.22. The fourth-order valence-electron chi connectivity index (χ4n) is 8.30. The standard InChI is InChI=1S/C21H20.C14H16.C13H10S.C8H10.C7H8/c1-13-9-10-17-18(11-13)21(3,4)19-12-14(2)15-7-5-6-8-16(15)20(17)19;1-4-5-6-9-13(3)14-10-7-8-12(2)11-14;1-9-5-4-8-12-13(9)10-6-2-3-7-11(10)14-12;1-2-8-6-4-3-5-7-8;1-7-5-3-2-4-6-7/h5-12H,1-4H3;4-11H,3H2,1-2H3;2-8H,1H3;3-7H,2H2,1H3;2-6H,1H3/b;5-4-,9-6-;;;. The fourth-order valence-corrected chi connectivity index (χ4v) is 9.48. The summed E-state index contributed by atoms with van der Waals surface area (Å²) in [5.41, 5.74) is 16.2. The molecule has 0 unspecified atom stereocenters. The molecule has 0 spiro atoms. The molecular weight excluding hydrogens is 789 g/mol. The van der Waals surface area contributed by atoms with Crippen LogP contribution in [0, 0.1) is 34.6 Å². The van der Waals surface area contributed by atoms with Crippen LogP contribution in [0.3, 0.4) is 0 Å². The number of hydrogen-bond acceptors (Lipinski definition) is 1. The van der Waals surface area contributed by atoms with Crippen LogP contribution in [0.15, 0.2) is 207 Å². The third-order valence-electron chi connectivity index (χ3n) is 11.8. The minimum atomic E-state index is 0.0888. The first-order chi connectivity index (χ1) is 30.9. The molecule has 1 heterocycles. The molecule has 8 aromatic carbocycles. The van der Waals surface area contributed by atoms with Gasteiger partial charge < -0.3 is 0 Å². The van der Waals surface area contributed by atoms with Crippen molar-refractivity contribution in [2.75, 3.05) is 0 Å². The maximum absolute atomic E-state index is 4.02. The SMILES string of the molecule is C=C(/C=C\C=C/C)c1cccc(C)c1.CCc1ccccc1.Cc1ccc2c(c1)C(C)(C)c1cc(C)c3ccccc3c1-2.Cc1cccc2sc3ccccc3c12.Cc1ccccc1. The number of benzene rings is 8. The Hall–Kier alpha value is -6.54. The monoisotopic (exact) mass is 852 g/mol. The number of aryl methyl sites for hydroxylation is 6. The molecule has 0 saturated carbocycles. The van der Waals surface area contributed by atoms with Crippen molar-refractivity contribution in [3.05, 3.63) is 257 Å². The summed E-state index contributed by atoms with van der Waals surface area (Å²) in [4.78, 5) is 0. The first-order valence-corrected chi connectivity index (χ1v) is 23.4. The van der Waals surface area contributed by atoms with Gasteiger partial charge in [0.15, 0.2) is 0 Å².